The van der Waals surface area contributed by atoms with E-state index in [1.807, 2.05) is 0 Å². The molecule has 2 aromatic heterocycles. The third-order valence-corrected chi connectivity index (χ3v) is 3.49. The Bertz CT molecular complexity index is 798. The van der Waals surface area contributed by atoms with Gasteiger partial charge < -0.3 is 9.15 Å². The number of nitrogens with zero attached hydrogens (tertiary/aromatic N) is 1. The van der Waals surface area contributed by atoms with Gasteiger partial charge in [0.2, 0.25) is 5.88 Å². The van der Waals surface area contributed by atoms with Crippen molar-refractivity contribution in [2.24, 2.45) is 0 Å². The van der Waals surface area contributed by atoms with E-state index in [0.717, 1.165) is 6.07 Å². The van der Waals surface area contributed by atoms with Crippen molar-refractivity contribution >= 4 is 26.9 Å². The zero-order valence-electron chi connectivity index (χ0n) is 10.3. The van der Waals surface area contributed by atoms with Crippen LogP contribution in [0.25, 0.3) is 11.0 Å². The first-order valence-electron chi connectivity index (χ1n) is 5.82. The second-order valence-corrected chi connectivity index (χ2v) is 5.04. The van der Waals surface area contributed by atoms with E-state index in [4.69, 9.17) is 9.15 Å². The van der Waals surface area contributed by atoms with Gasteiger partial charge in [-0.2, -0.15) is 13.2 Å². The summed E-state index contributed by atoms with van der Waals surface area (Å²) in [6.07, 6.45) is -1.54. The van der Waals surface area contributed by atoms with Crippen LogP contribution in [0.5, 0.6) is 11.6 Å². The summed E-state index contributed by atoms with van der Waals surface area (Å²) in [6, 6.07) is 6.92. The number of hydrogen-bond donors (Lipinski definition) is 0. The number of aromatic nitrogens is 1. The maximum atomic E-state index is 12.9. The van der Waals surface area contributed by atoms with Gasteiger partial charge in [0.15, 0.2) is 0 Å². The van der Waals surface area contributed by atoms with Crippen LogP contribution in [0.2, 0.25) is 0 Å². The number of benzene rings is 1. The number of halogens is 4. The third kappa shape index (κ3) is 2.73. The highest BCUT2D eigenvalue weighted by atomic mass is 79.9. The fraction of sp³-hybridized carbons (Fsp3) is 0.0714. The zero-order valence-corrected chi connectivity index (χ0v) is 11.9. The van der Waals surface area contributed by atoms with Crippen LogP contribution >= 0.6 is 15.9 Å². The van der Waals surface area contributed by atoms with Crippen molar-refractivity contribution in [1.82, 2.24) is 4.98 Å². The molecule has 0 saturated heterocycles. The lowest BCUT2D eigenvalue weighted by Crippen LogP contribution is -2.06. The molecular weight excluding hydrogens is 351 g/mol. The quantitative estimate of drug-likeness (QED) is 0.615. The van der Waals surface area contributed by atoms with Crippen LogP contribution < -0.4 is 4.74 Å². The molecule has 0 bridgehead atoms. The Balaban J connectivity index is 2.01. The fourth-order valence-corrected chi connectivity index (χ4v) is 2.32. The Morgan fingerprint density at radius 2 is 1.95 bits per heavy atom. The van der Waals surface area contributed by atoms with Gasteiger partial charge in [-0.3, -0.25) is 0 Å². The molecule has 21 heavy (non-hydrogen) atoms. The molecule has 108 valence electrons. The van der Waals surface area contributed by atoms with Crippen LogP contribution in [-0.2, 0) is 6.18 Å². The molecule has 3 nitrogen and oxygen atoms in total. The maximum Gasteiger partial charge on any atom is 0.417 e. The van der Waals surface area contributed by atoms with Crippen molar-refractivity contribution in [3.8, 4) is 11.6 Å². The standard InChI is InChI=1S/C14H7BrF3NO2/c15-11-2-1-8(7-10(11)14(16,17)18)21-13-9-4-6-20-12(9)3-5-19-13/h1-7H. The van der Waals surface area contributed by atoms with E-state index in [1.54, 1.807) is 12.1 Å². The number of hydrogen-bond acceptors (Lipinski definition) is 3. The smallest absolute Gasteiger partial charge is 0.417 e. The molecule has 0 N–H and O–H groups in total. The van der Waals surface area contributed by atoms with E-state index in [9.17, 15) is 13.2 Å². The van der Waals surface area contributed by atoms with Crippen molar-refractivity contribution in [1.29, 1.82) is 0 Å². The van der Waals surface area contributed by atoms with Crippen LogP contribution in [-0.4, -0.2) is 4.98 Å². The Hall–Kier alpha value is -2.02. The van der Waals surface area contributed by atoms with E-state index in [1.165, 1.54) is 24.6 Å². The highest BCUT2D eigenvalue weighted by molar-refractivity contribution is 9.10. The molecule has 2 heterocycles. The molecule has 7 heteroatoms. The molecule has 1 aromatic carbocycles. The van der Waals surface area contributed by atoms with Crippen molar-refractivity contribution in [3.05, 3.63) is 52.8 Å². The maximum absolute atomic E-state index is 12.9. The normalized spacial score (nSPS) is 11.8. The molecule has 0 amide bonds. The van der Waals surface area contributed by atoms with Crippen molar-refractivity contribution in [3.63, 3.8) is 0 Å². The Morgan fingerprint density at radius 1 is 1.14 bits per heavy atom. The number of furan rings is 1. The van der Waals surface area contributed by atoms with Gasteiger partial charge in [-0.25, -0.2) is 4.98 Å². The minimum Gasteiger partial charge on any atom is -0.464 e. The molecule has 0 aliphatic rings. The summed E-state index contributed by atoms with van der Waals surface area (Å²) >= 11 is 2.88. The molecule has 0 radical (unpaired) electrons. The lowest BCUT2D eigenvalue weighted by atomic mass is 10.2. The van der Waals surface area contributed by atoms with E-state index in [-0.39, 0.29) is 16.1 Å². The molecule has 0 unspecified atom stereocenters. The molecule has 0 spiro atoms. The Morgan fingerprint density at radius 3 is 2.71 bits per heavy atom. The van der Waals surface area contributed by atoms with Gasteiger partial charge in [-0.05, 0) is 30.3 Å². The predicted molar refractivity (Wildman–Crippen MR) is 73.2 cm³/mol. The molecule has 0 saturated carbocycles. The SMILES string of the molecule is FC(F)(F)c1cc(Oc2nccc3occc23)ccc1Br. The lowest BCUT2D eigenvalue weighted by Gasteiger charge is -2.11. The monoisotopic (exact) mass is 357 g/mol. The van der Waals surface area contributed by atoms with Crippen molar-refractivity contribution < 1.29 is 22.3 Å². The summed E-state index contributed by atoms with van der Waals surface area (Å²) in [7, 11) is 0. The summed E-state index contributed by atoms with van der Waals surface area (Å²) in [5.74, 6) is 0.239. The fourth-order valence-electron chi connectivity index (χ4n) is 1.85. The van der Waals surface area contributed by atoms with Gasteiger partial charge in [-0.15, -0.1) is 0 Å². The summed E-state index contributed by atoms with van der Waals surface area (Å²) in [4.78, 5) is 4.01. The zero-order chi connectivity index (χ0) is 15.0. The summed E-state index contributed by atoms with van der Waals surface area (Å²) in [5.41, 5.74) is -0.257. The van der Waals surface area contributed by atoms with Gasteiger partial charge in [0.05, 0.1) is 17.2 Å². The van der Waals surface area contributed by atoms with E-state index in [0.29, 0.717) is 11.0 Å². The minimum absolute atomic E-state index is 0.0446. The number of ether oxygens (including phenoxy) is 1. The second-order valence-electron chi connectivity index (χ2n) is 4.19. The number of pyridine rings is 1. The first-order chi connectivity index (χ1) is 9.95. The van der Waals surface area contributed by atoms with Crippen LogP contribution in [0.15, 0.2) is 51.7 Å². The average molecular weight is 358 g/mol. The third-order valence-electron chi connectivity index (χ3n) is 2.80. The van der Waals surface area contributed by atoms with Crippen LogP contribution in [0.4, 0.5) is 13.2 Å². The molecule has 3 rings (SSSR count). The van der Waals surface area contributed by atoms with Crippen LogP contribution in [0, 0.1) is 0 Å². The summed E-state index contributed by atoms with van der Waals surface area (Å²) in [5, 5.41) is 0.592. The van der Waals surface area contributed by atoms with Crippen molar-refractivity contribution in [2.45, 2.75) is 6.18 Å². The lowest BCUT2D eigenvalue weighted by molar-refractivity contribution is -0.138. The first-order valence-corrected chi connectivity index (χ1v) is 6.61. The van der Waals surface area contributed by atoms with Crippen LogP contribution in [0.3, 0.4) is 0 Å². The first kappa shape index (κ1) is 13.9. The second kappa shape index (κ2) is 5.07. The van der Waals surface area contributed by atoms with Gasteiger partial charge in [0.25, 0.3) is 0 Å². The van der Waals surface area contributed by atoms with Gasteiger partial charge >= 0.3 is 6.18 Å². The minimum atomic E-state index is -4.46. The summed E-state index contributed by atoms with van der Waals surface area (Å²) in [6.45, 7) is 0. The number of alkyl halides is 3. The highest BCUT2D eigenvalue weighted by Gasteiger charge is 2.33. The molecule has 0 aliphatic heterocycles. The van der Waals surface area contributed by atoms with E-state index < -0.39 is 11.7 Å². The largest absolute Gasteiger partial charge is 0.464 e. The van der Waals surface area contributed by atoms with Gasteiger partial charge in [-0.1, -0.05) is 15.9 Å². The Kier molecular flexibility index (Phi) is 3.36. The highest BCUT2D eigenvalue weighted by Crippen LogP contribution is 2.38. The molecule has 0 aliphatic carbocycles. The molecule has 0 atom stereocenters. The predicted octanol–water partition coefficient (Wildman–Crippen LogP) is 5.40. The van der Waals surface area contributed by atoms with Gasteiger partial charge in [0.1, 0.15) is 11.3 Å². The van der Waals surface area contributed by atoms with Gasteiger partial charge in [0, 0.05) is 10.7 Å². The Labute approximate surface area is 125 Å². The summed E-state index contributed by atoms with van der Waals surface area (Å²) < 4.78 is 49.2. The molecular formula is C14H7BrF3NO2. The topological polar surface area (TPSA) is 35.3 Å². The number of rotatable bonds is 2. The van der Waals surface area contributed by atoms with E-state index >= 15 is 0 Å². The average Bonchev–Trinajstić information content (AvgIpc) is 2.89. The molecule has 3 aromatic rings. The van der Waals surface area contributed by atoms with E-state index in [2.05, 4.69) is 20.9 Å². The van der Waals surface area contributed by atoms with Crippen molar-refractivity contribution in [2.75, 3.05) is 0 Å². The number of fused-ring (bicyclic) bond motifs is 1. The molecule has 0 fully saturated rings. The van der Waals surface area contributed by atoms with Crippen LogP contribution in [0.1, 0.15) is 5.56 Å².